The van der Waals surface area contributed by atoms with Crippen LogP contribution in [0, 0.1) is 0 Å². The van der Waals surface area contributed by atoms with Gasteiger partial charge < -0.3 is 9.80 Å². The number of aromatic nitrogens is 2. The van der Waals surface area contributed by atoms with Crippen molar-refractivity contribution in [1.29, 1.82) is 0 Å². The van der Waals surface area contributed by atoms with Crippen LogP contribution in [0.1, 0.15) is 16.9 Å². The second-order valence-electron chi connectivity index (χ2n) is 5.46. The molecule has 1 aromatic heterocycles. The molecule has 0 N–H and O–H groups in total. The van der Waals surface area contributed by atoms with Gasteiger partial charge in [-0.1, -0.05) is 0 Å². The maximum Gasteiger partial charge on any atom is 0.274 e. The van der Waals surface area contributed by atoms with Crippen molar-refractivity contribution in [3.63, 3.8) is 0 Å². The topological polar surface area (TPSA) is 86.7 Å². The summed E-state index contributed by atoms with van der Waals surface area (Å²) in [5.74, 6) is 0.462. The summed E-state index contributed by atoms with van der Waals surface area (Å²) in [6.45, 7) is 1.63. The van der Waals surface area contributed by atoms with Crippen LogP contribution in [0.15, 0.2) is 12.4 Å². The molecular weight excluding hydrogens is 306 g/mol. The number of carbonyl (C=O) groups excluding carboxylic acids is 1. The summed E-state index contributed by atoms with van der Waals surface area (Å²) in [6.07, 6.45) is 4.81. The van der Waals surface area contributed by atoms with E-state index >= 15 is 0 Å². The minimum absolute atomic E-state index is 0.215. The lowest BCUT2D eigenvalue weighted by Gasteiger charge is -2.20. The summed E-state index contributed by atoms with van der Waals surface area (Å²) in [5, 5.41) is 0. The quantitative estimate of drug-likeness (QED) is 0.754. The van der Waals surface area contributed by atoms with Gasteiger partial charge in [-0.25, -0.2) is 22.7 Å². The first-order valence-electron chi connectivity index (χ1n) is 7.03. The molecule has 1 aliphatic rings. The van der Waals surface area contributed by atoms with Gasteiger partial charge in [-0.15, -0.1) is 0 Å². The van der Waals surface area contributed by atoms with E-state index in [1.165, 1.54) is 16.8 Å². The first-order chi connectivity index (χ1) is 10.3. The molecule has 0 atom stereocenters. The van der Waals surface area contributed by atoms with Crippen LogP contribution >= 0.6 is 0 Å². The van der Waals surface area contributed by atoms with Crippen LogP contribution in [0.4, 0.5) is 5.82 Å². The smallest absolute Gasteiger partial charge is 0.274 e. The van der Waals surface area contributed by atoms with Crippen LogP contribution in [-0.2, 0) is 10.0 Å². The number of rotatable bonds is 3. The SMILES string of the molecule is CN(C)c1cnc(C(=O)N2CCCN(S(C)(=O)=O)CC2)cn1. The van der Waals surface area contributed by atoms with E-state index in [4.69, 9.17) is 0 Å². The monoisotopic (exact) mass is 327 g/mol. The Labute approximate surface area is 130 Å². The minimum atomic E-state index is -3.22. The molecule has 0 saturated carbocycles. The maximum absolute atomic E-state index is 12.4. The van der Waals surface area contributed by atoms with Gasteiger partial charge in [0, 0.05) is 40.3 Å². The number of amides is 1. The molecule has 0 aromatic carbocycles. The number of anilines is 1. The Kier molecular flexibility index (Phi) is 4.97. The summed E-state index contributed by atoms with van der Waals surface area (Å²) in [5.41, 5.74) is 0.276. The molecule has 1 saturated heterocycles. The highest BCUT2D eigenvalue weighted by Crippen LogP contribution is 2.11. The molecule has 0 bridgehead atoms. The van der Waals surface area contributed by atoms with Crippen molar-refractivity contribution in [3.05, 3.63) is 18.1 Å². The highest BCUT2D eigenvalue weighted by atomic mass is 32.2. The van der Waals surface area contributed by atoms with Gasteiger partial charge in [0.1, 0.15) is 11.5 Å². The molecule has 1 fully saturated rings. The molecule has 0 unspecified atom stereocenters. The third kappa shape index (κ3) is 3.92. The predicted octanol–water partition coefficient (Wildman–Crippen LogP) is -0.350. The molecular formula is C13H21N5O3S. The fourth-order valence-electron chi connectivity index (χ4n) is 2.25. The Morgan fingerprint density at radius 3 is 2.41 bits per heavy atom. The molecule has 122 valence electrons. The second-order valence-corrected chi connectivity index (χ2v) is 7.44. The average Bonchev–Trinajstić information content (AvgIpc) is 2.72. The third-order valence-corrected chi connectivity index (χ3v) is 4.83. The van der Waals surface area contributed by atoms with Crippen LogP contribution < -0.4 is 4.90 Å². The van der Waals surface area contributed by atoms with Gasteiger partial charge in [-0.05, 0) is 6.42 Å². The zero-order valence-corrected chi connectivity index (χ0v) is 13.9. The fraction of sp³-hybridized carbons (Fsp3) is 0.615. The fourth-order valence-corrected chi connectivity index (χ4v) is 3.13. The van der Waals surface area contributed by atoms with Crippen LogP contribution in [0.3, 0.4) is 0 Å². The molecule has 9 heteroatoms. The normalized spacial score (nSPS) is 17.1. The summed E-state index contributed by atoms with van der Waals surface area (Å²) in [7, 11) is 0.478. The van der Waals surface area contributed by atoms with Crippen molar-refractivity contribution >= 4 is 21.7 Å². The minimum Gasteiger partial charge on any atom is -0.361 e. The van der Waals surface area contributed by atoms with E-state index in [0.29, 0.717) is 38.4 Å². The Morgan fingerprint density at radius 2 is 1.86 bits per heavy atom. The molecule has 1 aromatic rings. The lowest BCUT2D eigenvalue weighted by atomic mass is 10.3. The lowest BCUT2D eigenvalue weighted by Crippen LogP contribution is -2.37. The second kappa shape index (κ2) is 6.57. The number of hydrogen-bond donors (Lipinski definition) is 0. The Morgan fingerprint density at radius 1 is 1.14 bits per heavy atom. The van der Waals surface area contributed by atoms with Gasteiger partial charge in [-0.2, -0.15) is 0 Å². The van der Waals surface area contributed by atoms with Gasteiger partial charge in [0.25, 0.3) is 5.91 Å². The number of carbonyl (C=O) groups is 1. The molecule has 0 aliphatic carbocycles. The van der Waals surface area contributed by atoms with Gasteiger partial charge in [0.2, 0.25) is 10.0 Å². The number of hydrogen-bond acceptors (Lipinski definition) is 6. The van der Waals surface area contributed by atoms with E-state index in [1.807, 2.05) is 14.1 Å². The summed E-state index contributed by atoms with van der Waals surface area (Å²) in [4.78, 5) is 24.2. The Balaban J connectivity index is 2.06. The van der Waals surface area contributed by atoms with Crippen molar-refractivity contribution in [2.45, 2.75) is 6.42 Å². The number of nitrogens with zero attached hydrogens (tertiary/aromatic N) is 5. The van der Waals surface area contributed by atoms with Gasteiger partial charge in [-0.3, -0.25) is 4.79 Å². The van der Waals surface area contributed by atoms with Gasteiger partial charge >= 0.3 is 0 Å². The van der Waals surface area contributed by atoms with Crippen molar-refractivity contribution in [2.24, 2.45) is 0 Å². The standard InChI is InChI=1S/C13H21N5O3S/c1-16(2)12-10-14-11(9-15-12)13(19)17-5-4-6-18(8-7-17)22(3,20)21/h9-10H,4-8H2,1-3H3. The summed E-state index contributed by atoms with van der Waals surface area (Å²) >= 11 is 0. The third-order valence-electron chi connectivity index (χ3n) is 3.53. The number of sulfonamides is 1. The van der Waals surface area contributed by atoms with E-state index in [9.17, 15) is 13.2 Å². The van der Waals surface area contributed by atoms with Crippen molar-refractivity contribution < 1.29 is 13.2 Å². The van der Waals surface area contributed by atoms with Crippen molar-refractivity contribution in [1.82, 2.24) is 19.2 Å². The van der Waals surface area contributed by atoms with Gasteiger partial charge in [0.15, 0.2) is 0 Å². The first kappa shape index (κ1) is 16.6. The van der Waals surface area contributed by atoms with Crippen LogP contribution in [-0.4, -0.2) is 80.0 Å². The average molecular weight is 327 g/mol. The highest BCUT2D eigenvalue weighted by Gasteiger charge is 2.25. The van der Waals surface area contributed by atoms with E-state index < -0.39 is 10.0 Å². The molecule has 1 amide bonds. The molecule has 8 nitrogen and oxygen atoms in total. The molecule has 1 aliphatic heterocycles. The molecule has 0 spiro atoms. The Hall–Kier alpha value is -1.74. The van der Waals surface area contributed by atoms with Gasteiger partial charge in [0.05, 0.1) is 18.6 Å². The Bertz CT molecular complexity index is 630. The van der Waals surface area contributed by atoms with Crippen LogP contribution in [0.25, 0.3) is 0 Å². The molecule has 0 radical (unpaired) electrons. The van der Waals surface area contributed by atoms with E-state index in [0.717, 1.165) is 0 Å². The van der Waals surface area contributed by atoms with Crippen LogP contribution in [0.5, 0.6) is 0 Å². The largest absolute Gasteiger partial charge is 0.361 e. The predicted molar refractivity (Wildman–Crippen MR) is 83.3 cm³/mol. The van der Waals surface area contributed by atoms with Crippen LogP contribution in [0.2, 0.25) is 0 Å². The summed E-state index contributed by atoms with van der Waals surface area (Å²) < 4.78 is 24.6. The maximum atomic E-state index is 12.4. The van der Waals surface area contributed by atoms with E-state index in [2.05, 4.69) is 9.97 Å². The van der Waals surface area contributed by atoms with Crippen molar-refractivity contribution in [3.8, 4) is 0 Å². The highest BCUT2D eigenvalue weighted by molar-refractivity contribution is 7.88. The molecule has 22 heavy (non-hydrogen) atoms. The lowest BCUT2D eigenvalue weighted by molar-refractivity contribution is 0.0758. The van der Waals surface area contributed by atoms with Crippen molar-refractivity contribution in [2.75, 3.05) is 51.4 Å². The summed E-state index contributed by atoms with van der Waals surface area (Å²) in [6, 6.07) is 0. The zero-order valence-electron chi connectivity index (χ0n) is 13.1. The molecule has 2 heterocycles. The zero-order chi connectivity index (χ0) is 16.3. The molecule has 2 rings (SSSR count). The van der Waals surface area contributed by atoms with E-state index in [1.54, 1.807) is 16.0 Å². The first-order valence-corrected chi connectivity index (χ1v) is 8.87. The van der Waals surface area contributed by atoms with E-state index in [-0.39, 0.29) is 11.6 Å².